The minimum atomic E-state index is -0.273. The molecule has 0 saturated carbocycles. The SMILES string of the molecule is Cc1ccc(C(=O)c2cc3ccc(F)cc3s2)c(C)c1. The van der Waals surface area contributed by atoms with E-state index < -0.39 is 0 Å². The van der Waals surface area contributed by atoms with Crippen LogP contribution in [0.4, 0.5) is 4.39 Å². The van der Waals surface area contributed by atoms with Crippen molar-refractivity contribution in [2.45, 2.75) is 13.8 Å². The van der Waals surface area contributed by atoms with E-state index in [0.717, 1.165) is 21.2 Å². The Morgan fingerprint density at radius 1 is 1.05 bits per heavy atom. The molecule has 0 fully saturated rings. The van der Waals surface area contributed by atoms with Crippen molar-refractivity contribution >= 4 is 27.2 Å². The van der Waals surface area contributed by atoms with Gasteiger partial charge in [-0.05, 0) is 43.0 Å². The summed E-state index contributed by atoms with van der Waals surface area (Å²) in [5.74, 6) is -0.269. The predicted molar refractivity (Wildman–Crippen MR) is 81.1 cm³/mol. The maximum absolute atomic E-state index is 13.2. The van der Waals surface area contributed by atoms with E-state index in [0.29, 0.717) is 10.4 Å². The summed E-state index contributed by atoms with van der Waals surface area (Å²) >= 11 is 1.34. The Hall–Kier alpha value is -2.00. The molecule has 1 aromatic heterocycles. The van der Waals surface area contributed by atoms with Gasteiger partial charge >= 0.3 is 0 Å². The molecule has 1 heterocycles. The predicted octanol–water partition coefficient (Wildman–Crippen LogP) is 4.89. The number of benzene rings is 2. The van der Waals surface area contributed by atoms with Crippen LogP contribution < -0.4 is 0 Å². The third-order valence-electron chi connectivity index (χ3n) is 3.33. The van der Waals surface area contributed by atoms with Crippen molar-refractivity contribution in [2.24, 2.45) is 0 Å². The van der Waals surface area contributed by atoms with Crippen LogP contribution in [-0.4, -0.2) is 5.78 Å². The van der Waals surface area contributed by atoms with Crippen LogP contribution in [0, 0.1) is 19.7 Å². The van der Waals surface area contributed by atoms with E-state index >= 15 is 0 Å². The molecule has 1 nitrogen and oxygen atoms in total. The number of rotatable bonds is 2. The summed E-state index contributed by atoms with van der Waals surface area (Å²) in [6.07, 6.45) is 0. The maximum Gasteiger partial charge on any atom is 0.203 e. The Balaban J connectivity index is 2.08. The lowest BCUT2D eigenvalue weighted by atomic mass is 10.0. The third-order valence-corrected chi connectivity index (χ3v) is 4.43. The molecule has 0 amide bonds. The second-order valence-electron chi connectivity index (χ2n) is 4.94. The molecule has 100 valence electrons. The lowest BCUT2D eigenvalue weighted by molar-refractivity contribution is 0.104. The van der Waals surface area contributed by atoms with Crippen LogP contribution in [0.15, 0.2) is 42.5 Å². The highest BCUT2D eigenvalue weighted by Gasteiger charge is 2.15. The highest BCUT2D eigenvalue weighted by Crippen LogP contribution is 2.28. The molecule has 0 N–H and O–H groups in total. The number of halogens is 1. The number of hydrogen-bond acceptors (Lipinski definition) is 2. The second kappa shape index (κ2) is 4.84. The minimum Gasteiger partial charge on any atom is -0.288 e. The topological polar surface area (TPSA) is 17.1 Å². The molecule has 0 atom stereocenters. The fourth-order valence-corrected chi connectivity index (χ4v) is 3.36. The minimum absolute atomic E-state index is 0.00380. The van der Waals surface area contributed by atoms with Crippen molar-refractivity contribution in [2.75, 3.05) is 0 Å². The van der Waals surface area contributed by atoms with E-state index in [1.807, 2.05) is 38.1 Å². The molecule has 0 aliphatic rings. The van der Waals surface area contributed by atoms with E-state index in [9.17, 15) is 9.18 Å². The monoisotopic (exact) mass is 284 g/mol. The first-order valence-corrected chi connectivity index (χ1v) is 7.17. The lowest BCUT2D eigenvalue weighted by Crippen LogP contribution is -2.01. The fraction of sp³-hybridized carbons (Fsp3) is 0.118. The van der Waals surface area contributed by atoms with E-state index in [-0.39, 0.29) is 11.6 Å². The first-order chi connectivity index (χ1) is 9.54. The van der Waals surface area contributed by atoms with E-state index in [1.165, 1.54) is 23.5 Å². The van der Waals surface area contributed by atoms with E-state index in [1.54, 1.807) is 6.07 Å². The molecule has 0 bridgehead atoms. The van der Waals surface area contributed by atoms with Gasteiger partial charge in [0.15, 0.2) is 0 Å². The fourth-order valence-electron chi connectivity index (χ4n) is 2.32. The van der Waals surface area contributed by atoms with Crippen molar-refractivity contribution in [1.29, 1.82) is 0 Å². The molecule has 20 heavy (non-hydrogen) atoms. The molecule has 0 aliphatic carbocycles. The number of hydrogen-bond donors (Lipinski definition) is 0. The summed E-state index contributed by atoms with van der Waals surface area (Å²) in [5.41, 5.74) is 2.82. The van der Waals surface area contributed by atoms with Crippen LogP contribution in [0.2, 0.25) is 0 Å². The molecule has 0 unspecified atom stereocenters. The molecule has 2 aromatic carbocycles. The van der Waals surface area contributed by atoms with Crippen LogP contribution in [0.25, 0.3) is 10.1 Å². The number of aryl methyl sites for hydroxylation is 2. The van der Waals surface area contributed by atoms with Gasteiger partial charge in [-0.3, -0.25) is 4.79 Å². The van der Waals surface area contributed by atoms with Crippen molar-refractivity contribution in [1.82, 2.24) is 0 Å². The Morgan fingerprint density at radius 2 is 1.85 bits per heavy atom. The highest BCUT2D eigenvalue weighted by molar-refractivity contribution is 7.21. The van der Waals surface area contributed by atoms with Gasteiger partial charge in [0, 0.05) is 10.3 Å². The molecule has 3 heteroatoms. The molecule has 0 radical (unpaired) electrons. The quantitative estimate of drug-likeness (QED) is 0.612. The summed E-state index contributed by atoms with van der Waals surface area (Å²) in [5, 5.41) is 0.907. The molecule has 3 aromatic rings. The first-order valence-electron chi connectivity index (χ1n) is 6.35. The maximum atomic E-state index is 13.2. The summed E-state index contributed by atoms with van der Waals surface area (Å²) in [6, 6.07) is 12.2. The average molecular weight is 284 g/mol. The number of fused-ring (bicyclic) bond motifs is 1. The van der Waals surface area contributed by atoms with Crippen LogP contribution in [0.5, 0.6) is 0 Å². The highest BCUT2D eigenvalue weighted by atomic mass is 32.1. The number of thiophene rings is 1. The average Bonchev–Trinajstić information content (AvgIpc) is 2.81. The molecule has 0 aliphatic heterocycles. The van der Waals surface area contributed by atoms with Gasteiger partial charge < -0.3 is 0 Å². The zero-order valence-electron chi connectivity index (χ0n) is 11.2. The zero-order valence-corrected chi connectivity index (χ0v) is 12.1. The Kier molecular flexibility index (Phi) is 3.14. The third kappa shape index (κ3) is 2.25. The molecule has 0 spiro atoms. The largest absolute Gasteiger partial charge is 0.288 e. The Bertz CT molecular complexity index is 817. The normalized spacial score (nSPS) is 10.9. The second-order valence-corrected chi connectivity index (χ2v) is 6.02. The van der Waals surface area contributed by atoms with Crippen LogP contribution >= 0.6 is 11.3 Å². The van der Waals surface area contributed by atoms with Crippen molar-refractivity contribution in [3.05, 3.63) is 69.8 Å². The first kappa shape index (κ1) is 13.0. The van der Waals surface area contributed by atoms with Gasteiger partial charge in [-0.1, -0.05) is 29.8 Å². The van der Waals surface area contributed by atoms with E-state index in [4.69, 9.17) is 0 Å². The van der Waals surface area contributed by atoms with Gasteiger partial charge in [-0.15, -0.1) is 11.3 Å². The van der Waals surface area contributed by atoms with Crippen molar-refractivity contribution in [3.63, 3.8) is 0 Å². The molecular formula is C17H13FOS. The summed E-state index contributed by atoms with van der Waals surface area (Å²) in [4.78, 5) is 13.2. The van der Waals surface area contributed by atoms with Crippen LogP contribution in [0.3, 0.4) is 0 Å². The lowest BCUT2D eigenvalue weighted by Gasteiger charge is -2.04. The van der Waals surface area contributed by atoms with Gasteiger partial charge in [-0.2, -0.15) is 0 Å². The molecule has 0 saturated heterocycles. The van der Waals surface area contributed by atoms with Crippen molar-refractivity contribution < 1.29 is 9.18 Å². The van der Waals surface area contributed by atoms with Gasteiger partial charge in [0.05, 0.1) is 4.88 Å². The standard InChI is InChI=1S/C17H13FOS/c1-10-3-6-14(11(2)7-10)17(19)16-8-12-4-5-13(18)9-15(12)20-16/h3-9H,1-2H3. The number of carbonyl (C=O) groups is 1. The van der Waals surface area contributed by atoms with Gasteiger partial charge in [-0.25, -0.2) is 4.39 Å². The Labute approximate surface area is 120 Å². The Morgan fingerprint density at radius 3 is 2.60 bits per heavy atom. The number of carbonyl (C=O) groups excluding carboxylic acids is 1. The molecular weight excluding hydrogens is 271 g/mol. The van der Waals surface area contributed by atoms with Gasteiger partial charge in [0.2, 0.25) is 5.78 Å². The smallest absolute Gasteiger partial charge is 0.203 e. The van der Waals surface area contributed by atoms with E-state index in [2.05, 4.69) is 0 Å². The van der Waals surface area contributed by atoms with Gasteiger partial charge in [0.1, 0.15) is 5.82 Å². The summed E-state index contributed by atoms with van der Waals surface area (Å²) in [6.45, 7) is 3.94. The van der Waals surface area contributed by atoms with Crippen molar-refractivity contribution in [3.8, 4) is 0 Å². The summed E-state index contributed by atoms with van der Waals surface area (Å²) < 4.78 is 14.0. The van der Waals surface area contributed by atoms with Crippen LogP contribution in [-0.2, 0) is 0 Å². The van der Waals surface area contributed by atoms with Crippen LogP contribution in [0.1, 0.15) is 26.4 Å². The number of ketones is 1. The summed E-state index contributed by atoms with van der Waals surface area (Å²) in [7, 11) is 0. The van der Waals surface area contributed by atoms with Gasteiger partial charge in [0.25, 0.3) is 0 Å². The zero-order chi connectivity index (χ0) is 14.3. The molecule has 3 rings (SSSR count).